The van der Waals surface area contributed by atoms with Crippen LogP contribution in [-0.4, -0.2) is 35.5 Å². The van der Waals surface area contributed by atoms with Crippen LogP contribution >= 0.6 is 0 Å². The molecule has 4 atom stereocenters. The molecule has 5 rings (SSSR count). The van der Waals surface area contributed by atoms with Crippen LogP contribution in [0.4, 0.5) is 18.9 Å². The quantitative estimate of drug-likeness (QED) is 0.600. The van der Waals surface area contributed by atoms with Crippen molar-refractivity contribution in [2.75, 3.05) is 11.9 Å². The number of imide groups is 1. The van der Waals surface area contributed by atoms with E-state index in [1.807, 2.05) is 12.2 Å². The van der Waals surface area contributed by atoms with E-state index in [4.69, 9.17) is 0 Å². The first-order chi connectivity index (χ1) is 13.7. The number of nitrogens with zero attached hydrogens (tertiary/aromatic N) is 1. The average molecular weight is 408 g/mol. The van der Waals surface area contributed by atoms with Crippen LogP contribution in [0.15, 0.2) is 36.4 Å². The van der Waals surface area contributed by atoms with Crippen molar-refractivity contribution >= 4 is 23.4 Å². The molecule has 9 heteroatoms. The molecule has 154 valence electrons. The number of anilines is 1. The molecule has 2 bridgehead atoms. The number of fused-ring (bicyclic) bond motifs is 1. The molecule has 1 N–H and O–H groups in total. The normalized spacial score (nSPS) is 27.9. The van der Waals surface area contributed by atoms with Crippen LogP contribution in [0.1, 0.15) is 19.3 Å². The lowest BCUT2D eigenvalue weighted by molar-refractivity contribution is -0.274. The Kier molecular flexibility index (Phi) is 4.84. The van der Waals surface area contributed by atoms with Gasteiger partial charge in [0.05, 0.1) is 11.8 Å². The van der Waals surface area contributed by atoms with Crippen molar-refractivity contribution in [2.24, 2.45) is 23.7 Å². The van der Waals surface area contributed by atoms with E-state index in [2.05, 4.69) is 10.1 Å². The molecule has 1 aliphatic heterocycles. The highest BCUT2D eigenvalue weighted by atomic mass is 19.4. The molecule has 1 saturated heterocycles. The number of hydrogen-bond acceptors (Lipinski definition) is 4. The molecule has 29 heavy (non-hydrogen) atoms. The van der Waals surface area contributed by atoms with Crippen molar-refractivity contribution in [1.29, 1.82) is 0 Å². The fraction of sp³-hybridized carbons (Fsp3) is 0.450. The first-order valence-corrected chi connectivity index (χ1v) is 9.42. The van der Waals surface area contributed by atoms with Crippen molar-refractivity contribution in [1.82, 2.24) is 4.90 Å². The van der Waals surface area contributed by atoms with E-state index in [1.165, 1.54) is 17.0 Å². The Hall–Kier alpha value is -2.84. The molecule has 1 saturated carbocycles. The van der Waals surface area contributed by atoms with E-state index in [9.17, 15) is 27.6 Å². The van der Waals surface area contributed by atoms with Gasteiger partial charge in [-0.25, -0.2) is 0 Å². The number of ether oxygens (including phenoxy) is 1. The average Bonchev–Trinajstić information content (AvgIpc) is 2.94. The molecule has 2 fully saturated rings. The lowest BCUT2D eigenvalue weighted by Gasteiger charge is -2.38. The molecule has 3 amide bonds. The number of allylic oxidation sites excluding steroid dienone is 2. The second kappa shape index (κ2) is 7.20. The van der Waals surface area contributed by atoms with E-state index >= 15 is 0 Å². The molecule has 0 aromatic heterocycles. The summed E-state index contributed by atoms with van der Waals surface area (Å²) < 4.78 is 40.3. The number of benzene rings is 1. The Bertz CT molecular complexity index is 833. The van der Waals surface area contributed by atoms with Crippen LogP contribution in [0, 0.1) is 23.7 Å². The number of halogens is 3. The topological polar surface area (TPSA) is 75.7 Å². The van der Waals surface area contributed by atoms with E-state index < -0.39 is 18.0 Å². The highest BCUT2D eigenvalue weighted by Gasteiger charge is 2.56. The molecule has 1 heterocycles. The number of rotatable bonds is 5. The number of nitrogens with one attached hydrogen (secondary N) is 1. The first-order valence-electron chi connectivity index (χ1n) is 9.42. The second-order valence-corrected chi connectivity index (χ2v) is 7.54. The molecular weight excluding hydrogens is 389 g/mol. The molecule has 4 unspecified atom stereocenters. The lowest BCUT2D eigenvalue weighted by Crippen LogP contribution is -2.38. The zero-order valence-electron chi connectivity index (χ0n) is 15.3. The Balaban J connectivity index is 1.32. The summed E-state index contributed by atoms with van der Waals surface area (Å²) in [4.78, 5) is 38.7. The number of hydrogen-bond donors (Lipinski definition) is 1. The molecule has 4 aliphatic rings. The summed E-state index contributed by atoms with van der Waals surface area (Å²) in [5, 5.41) is 2.54. The lowest BCUT2D eigenvalue weighted by atomic mass is 9.63. The summed E-state index contributed by atoms with van der Waals surface area (Å²) in [5.74, 6) is -1.68. The van der Waals surface area contributed by atoms with Gasteiger partial charge in [0.15, 0.2) is 0 Å². The third-order valence-electron chi connectivity index (χ3n) is 5.78. The second-order valence-electron chi connectivity index (χ2n) is 7.54. The van der Waals surface area contributed by atoms with Crippen LogP contribution in [0.5, 0.6) is 5.75 Å². The molecule has 0 spiro atoms. The van der Waals surface area contributed by atoms with Gasteiger partial charge in [-0.2, -0.15) is 0 Å². The number of carbonyl (C=O) groups excluding carboxylic acids is 3. The standard InChI is InChI=1S/C20H19F3N2O4/c21-20(22,23)29-14-7-5-13(6-8-14)24-15(26)9-10-25-18(27)16-11-1-2-12(4-3-11)17(16)19(25)28/h1-2,5-8,11-12,16-17H,3-4,9-10H2,(H,24,26). The SMILES string of the molecule is O=C(CCN1C(=O)C2C3C=CC(CC3)C2C1=O)Nc1ccc(OC(F)(F)F)cc1. The van der Waals surface area contributed by atoms with Gasteiger partial charge >= 0.3 is 6.36 Å². The van der Waals surface area contributed by atoms with Gasteiger partial charge in [0.2, 0.25) is 17.7 Å². The molecule has 6 nitrogen and oxygen atoms in total. The highest BCUT2D eigenvalue weighted by molar-refractivity contribution is 6.06. The van der Waals surface area contributed by atoms with Gasteiger partial charge in [0.1, 0.15) is 5.75 Å². The van der Waals surface area contributed by atoms with Gasteiger partial charge < -0.3 is 10.1 Å². The van der Waals surface area contributed by atoms with Gasteiger partial charge in [0.25, 0.3) is 0 Å². The molecule has 1 aromatic carbocycles. The van der Waals surface area contributed by atoms with Gasteiger partial charge in [-0.15, -0.1) is 13.2 Å². The van der Waals surface area contributed by atoms with Gasteiger partial charge in [-0.05, 0) is 48.9 Å². The zero-order chi connectivity index (χ0) is 20.8. The molecule has 3 aliphatic carbocycles. The summed E-state index contributed by atoms with van der Waals surface area (Å²) >= 11 is 0. The van der Waals surface area contributed by atoms with Crippen molar-refractivity contribution in [2.45, 2.75) is 25.6 Å². The highest BCUT2D eigenvalue weighted by Crippen LogP contribution is 2.49. The smallest absolute Gasteiger partial charge is 0.406 e. The van der Waals surface area contributed by atoms with Gasteiger partial charge in [-0.1, -0.05) is 12.2 Å². The van der Waals surface area contributed by atoms with Crippen LogP contribution < -0.4 is 10.1 Å². The van der Waals surface area contributed by atoms with Crippen molar-refractivity contribution in [3.05, 3.63) is 36.4 Å². The van der Waals surface area contributed by atoms with Crippen LogP contribution in [0.3, 0.4) is 0 Å². The number of amides is 3. The number of likely N-dealkylation sites (tertiary alicyclic amines) is 1. The Morgan fingerprint density at radius 1 is 1.03 bits per heavy atom. The van der Waals surface area contributed by atoms with Crippen LogP contribution in [-0.2, 0) is 14.4 Å². The minimum Gasteiger partial charge on any atom is -0.406 e. The minimum absolute atomic E-state index is 0.00872. The Labute approximate surface area is 164 Å². The molecule has 0 radical (unpaired) electrons. The van der Waals surface area contributed by atoms with Crippen LogP contribution in [0.25, 0.3) is 0 Å². The van der Waals surface area contributed by atoms with E-state index in [0.29, 0.717) is 5.69 Å². The van der Waals surface area contributed by atoms with Gasteiger partial charge in [0, 0.05) is 18.7 Å². The first kappa shape index (κ1) is 19.5. The largest absolute Gasteiger partial charge is 0.573 e. The maximum atomic E-state index is 12.7. The zero-order valence-corrected chi connectivity index (χ0v) is 15.3. The Morgan fingerprint density at radius 2 is 1.59 bits per heavy atom. The molecule has 1 aromatic rings. The summed E-state index contributed by atoms with van der Waals surface area (Å²) in [7, 11) is 0. The van der Waals surface area contributed by atoms with Crippen molar-refractivity contribution in [3.63, 3.8) is 0 Å². The monoisotopic (exact) mass is 408 g/mol. The fourth-order valence-corrected chi connectivity index (χ4v) is 4.53. The third-order valence-corrected chi connectivity index (χ3v) is 5.78. The minimum atomic E-state index is -4.79. The van der Waals surface area contributed by atoms with Crippen molar-refractivity contribution in [3.8, 4) is 5.75 Å². The maximum absolute atomic E-state index is 12.7. The fourth-order valence-electron chi connectivity index (χ4n) is 4.53. The Morgan fingerprint density at radius 3 is 2.07 bits per heavy atom. The summed E-state index contributed by atoms with van der Waals surface area (Å²) in [6, 6.07) is 4.74. The predicted octanol–water partition coefficient (Wildman–Crippen LogP) is 3.11. The van der Waals surface area contributed by atoms with E-state index in [-0.39, 0.29) is 48.5 Å². The van der Waals surface area contributed by atoms with E-state index in [0.717, 1.165) is 25.0 Å². The van der Waals surface area contributed by atoms with Crippen LogP contribution in [0.2, 0.25) is 0 Å². The van der Waals surface area contributed by atoms with Gasteiger partial charge in [-0.3, -0.25) is 19.3 Å². The van der Waals surface area contributed by atoms with Crippen molar-refractivity contribution < 1.29 is 32.3 Å². The van der Waals surface area contributed by atoms with E-state index in [1.54, 1.807) is 0 Å². The summed E-state index contributed by atoms with van der Waals surface area (Å²) in [6.07, 6.45) is 1.01. The number of carbonyl (C=O) groups is 3. The third kappa shape index (κ3) is 3.86. The molecular formula is C20H19F3N2O4. The summed E-state index contributed by atoms with van der Waals surface area (Å²) in [6.45, 7) is -0.00872. The maximum Gasteiger partial charge on any atom is 0.573 e. The summed E-state index contributed by atoms with van der Waals surface area (Å²) in [5.41, 5.74) is 0.291. The number of alkyl halides is 3. The predicted molar refractivity (Wildman–Crippen MR) is 95.4 cm³/mol.